The average molecular weight is 969 g/mol. The monoisotopic (exact) mass is 969 g/mol. The molecule has 2 aliphatic heterocycles. The van der Waals surface area contributed by atoms with Crippen LogP contribution < -0.4 is 0 Å². The fraction of sp³-hybridized carbons (Fsp3) is 0.811. The molecule has 394 valence electrons. The summed E-state index contributed by atoms with van der Waals surface area (Å²) in [5.74, 6) is -0.947. The van der Waals surface area contributed by atoms with Crippen molar-refractivity contribution in [3.63, 3.8) is 0 Å². The van der Waals surface area contributed by atoms with Crippen LogP contribution in [0.1, 0.15) is 181 Å². The second-order valence-electron chi connectivity index (χ2n) is 18.3. The minimum Gasteiger partial charge on any atom is -0.462 e. The Balaban J connectivity index is 1.80. The standard InChI is InChI=1S/C53H92O15/c1-3-5-7-9-11-13-15-17-18-19-20-21-22-24-26-28-30-32-34-36-45(56)66-41(38-63-44(55)35-33-31-29-27-25-23-16-14-12-10-8-6-4-2)39-64-52-51(62)49(60)47(58)43(68-52)40-65-53-50(61)48(59)46(57)42(37-54)67-53/h8,10-11,13-14,16-18,41-43,46-54,57-62H,3-7,9,12,15,19-40H2,1-2H3/b10-8-,13-11-,16-14-,18-17-. The van der Waals surface area contributed by atoms with E-state index in [1.54, 1.807) is 0 Å². The molecule has 68 heavy (non-hydrogen) atoms. The van der Waals surface area contributed by atoms with Gasteiger partial charge >= 0.3 is 11.9 Å². The number of aliphatic hydroxyl groups excluding tert-OH is 7. The molecule has 0 aromatic carbocycles. The summed E-state index contributed by atoms with van der Waals surface area (Å²) in [6, 6.07) is 0. The Morgan fingerprint density at radius 3 is 1.43 bits per heavy atom. The average Bonchev–Trinajstić information content (AvgIpc) is 3.33. The lowest BCUT2D eigenvalue weighted by atomic mass is 9.98. The maximum absolute atomic E-state index is 13.0. The molecule has 0 amide bonds. The number of carbonyl (C=O) groups excluding carboxylic acids is 2. The van der Waals surface area contributed by atoms with Crippen molar-refractivity contribution in [2.75, 3.05) is 26.4 Å². The molecule has 0 saturated carbocycles. The third-order valence-electron chi connectivity index (χ3n) is 12.3. The number of rotatable bonds is 40. The van der Waals surface area contributed by atoms with Crippen molar-refractivity contribution in [3.8, 4) is 0 Å². The van der Waals surface area contributed by atoms with Gasteiger partial charge < -0.3 is 64.2 Å². The second-order valence-corrected chi connectivity index (χ2v) is 18.3. The van der Waals surface area contributed by atoms with Crippen LogP contribution in [0.15, 0.2) is 48.6 Å². The van der Waals surface area contributed by atoms with Gasteiger partial charge in [-0.1, -0.05) is 146 Å². The van der Waals surface area contributed by atoms with E-state index in [1.165, 1.54) is 51.4 Å². The van der Waals surface area contributed by atoms with Gasteiger partial charge in [-0.05, 0) is 70.6 Å². The molecule has 0 spiro atoms. The quantitative estimate of drug-likeness (QED) is 0.0179. The number of hydrogen-bond donors (Lipinski definition) is 7. The first-order valence-corrected chi connectivity index (χ1v) is 26.2. The van der Waals surface area contributed by atoms with Crippen LogP contribution in [0.5, 0.6) is 0 Å². The van der Waals surface area contributed by atoms with E-state index < -0.39 is 92.7 Å². The van der Waals surface area contributed by atoms with Crippen LogP contribution in [0.25, 0.3) is 0 Å². The molecule has 0 aliphatic carbocycles. The van der Waals surface area contributed by atoms with E-state index in [-0.39, 0.29) is 26.1 Å². The van der Waals surface area contributed by atoms with E-state index in [4.69, 9.17) is 28.4 Å². The molecular formula is C53H92O15. The number of unbranched alkanes of at least 4 members (excludes halogenated alkanes) is 18. The van der Waals surface area contributed by atoms with E-state index >= 15 is 0 Å². The Hall–Kier alpha value is -2.54. The topological polar surface area (TPSA) is 231 Å². The van der Waals surface area contributed by atoms with Crippen LogP contribution >= 0.6 is 0 Å². The number of allylic oxidation sites excluding steroid dienone is 8. The summed E-state index contributed by atoms with van der Waals surface area (Å²) in [5, 5.41) is 72.1. The molecule has 2 saturated heterocycles. The first-order chi connectivity index (χ1) is 33.0. The summed E-state index contributed by atoms with van der Waals surface area (Å²) in [5.41, 5.74) is 0. The van der Waals surface area contributed by atoms with E-state index in [2.05, 4.69) is 62.5 Å². The summed E-state index contributed by atoms with van der Waals surface area (Å²) in [6.45, 7) is 2.48. The molecule has 2 aliphatic rings. The highest BCUT2D eigenvalue weighted by Crippen LogP contribution is 2.26. The van der Waals surface area contributed by atoms with Gasteiger partial charge in [-0.3, -0.25) is 9.59 Å². The summed E-state index contributed by atoms with van der Waals surface area (Å²) in [7, 11) is 0. The first kappa shape index (κ1) is 61.6. The van der Waals surface area contributed by atoms with Crippen LogP contribution in [0.3, 0.4) is 0 Å². The fourth-order valence-corrected chi connectivity index (χ4v) is 7.93. The van der Waals surface area contributed by atoms with Crippen LogP contribution in [0.4, 0.5) is 0 Å². The second kappa shape index (κ2) is 40.1. The third-order valence-corrected chi connectivity index (χ3v) is 12.3. The van der Waals surface area contributed by atoms with E-state index in [0.29, 0.717) is 12.8 Å². The molecule has 0 radical (unpaired) electrons. The van der Waals surface area contributed by atoms with Crippen molar-refractivity contribution in [2.24, 2.45) is 0 Å². The van der Waals surface area contributed by atoms with Crippen molar-refractivity contribution in [1.82, 2.24) is 0 Å². The highest BCUT2D eigenvalue weighted by Gasteiger charge is 2.47. The zero-order chi connectivity index (χ0) is 49.6. The minimum absolute atomic E-state index is 0.156. The molecule has 0 aromatic heterocycles. The highest BCUT2D eigenvalue weighted by molar-refractivity contribution is 5.70. The molecule has 0 bridgehead atoms. The molecule has 15 heteroatoms. The summed E-state index contributed by atoms with van der Waals surface area (Å²) in [6.07, 6.45) is 27.0. The molecule has 2 fully saturated rings. The van der Waals surface area contributed by atoms with Gasteiger partial charge in [0.25, 0.3) is 0 Å². The maximum Gasteiger partial charge on any atom is 0.306 e. The molecule has 2 rings (SSSR count). The van der Waals surface area contributed by atoms with Crippen molar-refractivity contribution >= 4 is 11.9 Å². The lowest BCUT2D eigenvalue weighted by molar-refractivity contribution is -0.332. The van der Waals surface area contributed by atoms with Gasteiger partial charge in [0.05, 0.1) is 19.8 Å². The number of aliphatic hydroxyl groups is 7. The lowest BCUT2D eigenvalue weighted by Gasteiger charge is -2.42. The van der Waals surface area contributed by atoms with Gasteiger partial charge in [-0.15, -0.1) is 0 Å². The zero-order valence-corrected chi connectivity index (χ0v) is 41.6. The largest absolute Gasteiger partial charge is 0.462 e. The Labute approximate surface area is 408 Å². The summed E-state index contributed by atoms with van der Waals surface area (Å²) < 4.78 is 33.6. The van der Waals surface area contributed by atoms with E-state index in [1.807, 2.05) is 0 Å². The Bertz CT molecular complexity index is 1370. The Morgan fingerprint density at radius 2 is 0.912 bits per heavy atom. The van der Waals surface area contributed by atoms with Gasteiger partial charge in [0, 0.05) is 12.8 Å². The van der Waals surface area contributed by atoms with E-state index in [0.717, 1.165) is 89.9 Å². The normalized spacial score (nSPS) is 26.1. The van der Waals surface area contributed by atoms with Crippen LogP contribution in [-0.4, -0.2) is 142 Å². The highest BCUT2D eigenvalue weighted by atomic mass is 16.7. The van der Waals surface area contributed by atoms with Gasteiger partial charge in [0.2, 0.25) is 0 Å². The smallest absolute Gasteiger partial charge is 0.306 e. The van der Waals surface area contributed by atoms with Gasteiger partial charge in [-0.2, -0.15) is 0 Å². The van der Waals surface area contributed by atoms with Crippen LogP contribution in [0.2, 0.25) is 0 Å². The minimum atomic E-state index is -1.77. The predicted molar refractivity (Wildman–Crippen MR) is 261 cm³/mol. The van der Waals surface area contributed by atoms with Gasteiger partial charge in [0.15, 0.2) is 18.7 Å². The molecule has 15 nitrogen and oxygen atoms in total. The van der Waals surface area contributed by atoms with Crippen LogP contribution in [0, 0.1) is 0 Å². The third kappa shape index (κ3) is 27.7. The van der Waals surface area contributed by atoms with Gasteiger partial charge in [-0.25, -0.2) is 0 Å². The lowest BCUT2D eigenvalue weighted by Crippen LogP contribution is -2.61. The Kier molecular flexibility index (Phi) is 36.3. The maximum atomic E-state index is 13.0. The first-order valence-electron chi connectivity index (χ1n) is 26.2. The van der Waals surface area contributed by atoms with Crippen molar-refractivity contribution in [1.29, 1.82) is 0 Å². The number of hydrogen-bond acceptors (Lipinski definition) is 15. The number of carbonyl (C=O) groups is 2. The molecular weight excluding hydrogens is 877 g/mol. The van der Waals surface area contributed by atoms with Crippen molar-refractivity contribution in [2.45, 2.75) is 248 Å². The van der Waals surface area contributed by atoms with E-state index in [9.17, 15) is 45.3 Å². The van der Waals surface area contributed by atoms with Crippen molar-refractivity contribution in [3.05, 3.63) is 48.6 Å². The molecule has 11 unspecified atom stereocenters. The fourth-order valence-electron chi connectivity index (χ4n) is 7.93. The zero-order valence-electron chi connectivity index (χ0n) is 41.6. The predicted octanol–water partition coefficient (Wildman–Crippen LogP) is 7.49. The summed E-state index contributed by atoms with van der Waals surface area (Å²) in [4.78, 5) is 25.8. The number of esters is 2. The molecule has 7 N–H and O–H groups in total. The SMILES string of the molecule is CCC/C=C\C/C=C\CCCCCCCC(=O)OCC(COC1OC(COC2OC(CO)C(O)C(O)C2O)C(O)C(O)C1O)OC(=O)CCCCCCCCCCC/C=C\C/C=C\CCCCC. The summed E-state index contributed by atoms with van der Waals surface area (Å²) >= 11 is 0. The number of ether oxygens (including phenoxy) is 6. The Morgan fingerprint density at radius 1 is 0.471 bits per heavy atom. The van der Waals surface area contributed by atoms with Crippen molar-refractivity contribution < 1.29 is 73.8 Å². The van der Waals surface area contributed by atoms with Crippen LogP contribution in [-0.2, 0) is 38.0 Å². The molecule has 2 heterocycles. The molecule has 0 aromatic rings. The molecule has 11 atom stereocenters. The van der Waals surface area contributed by atoms with Gasteiger partial charge in [0.1, 0.15) is 55.4 Å².